The smallest absolute Gasteiger partial charge is 0.305 e. The van der Waals surface area contributed by atoms with Crippen molar-refractivity contribution in [3.8, 4) is 10.8 Å². The van der Waals surface area contributed by atoms with Gasteiger partial charge in [-0.1, -0.05) is 6.07 Å². The molecule has 2 heterocycles. The number of aromatic nitrogens is 1. The molecule has 2 aromatic rings. The van der Waals surface area contributed by atoms with Gasteiger partial charge in [-0.2, -0.15) is 0 Å². The minimum Gasteiger partial charge on any atom is -0.469 e. The first-order chi connectivity index (χ1) is 10.1. The lowest BCUT2D eigenvalue weighted by atomic mass is 10.3. The average molecular weight is 308 g/mol. The van der Waals surface area contributed by atoms with Crippen LogP contribution in [0.3, 0.4) is 0 Å². The molecule has 0 N–H and O–H groups in total. The van der Waals surface area contributed by atoms with Gasteiger partial charge in [0.15, 0.2) is 0 Å². The molecule has 0 fully saturated rings. The molecule has 0 aromatic carbocycles. The maximum absolute atomic E-state index is 11.1. The van der Waals surface area contributed by atoms with Crippen molar-refractivity contribution in [2.75, 3.05) is 20.7 Å². The van der Waals surface area contributed by atoms with E-state index in [-0.39, 0.29) is 5.97 Å². The molecule has 0 aliphatic heterocycles. The molecule has 5 nitrogen and oxygen atoms in total. The van der Waals surface area contributed by atoms with Gasteiger partial charge in [-0.05, 0) is 38.4 Å². The van der Waals surface area contributed by atoms with E-state index in [1.165, 1.54) is 7.11 Å². The summed E-state index contributed by atoms with van der Waals surface area (Å²) >= 11 is 1.62. The van der Waals surface area contributed by atoms with Crippen LogP contribution in [0.4, 0.5) is 0 Å². The van der Waals surface area contributed by atoms with E-state index in [1.807, 2.05) is 31.5 Å². The number of methoxy groups -OCH3 is 1. The van der Waals surface area contributed by atoms with E-state index in [4.69, 9.17) is 4.42 Å². The largest absolute Gasteiger partial charge is 0.469 e. The van der Waals surface area contributed by atoms with Crippen LogP contribution in [0.25, 0.3) is 10.8 Å². The van der Waals surface area contributed by atoms with Crippen LogP contribution in [0, 0.1) is 6.92 Å². The highest BCUT2D eigenvalue weighted by Gasteiger charge is 2.13. The highest BCUT2D eigenvalue weighted by atomic mass is 32.1. The lowest BCUT2D eigenvalue weighted by molar-refractivity contribution is -0.140. The number of nitrogens with zero attached hydrogens (tertiary/aromatic N) is 2. The number of hydrogen-bond donors (Lipinski definition) is 0. The van der Waals surface area contributed by atoms with Gasteiger partial charge in [0, 0.05) is 13.0 Å². The first kappa shape index (κ1) is 15.7. The van der Waals surface area contributed by atoms with Crippen LogP contribution in [0.1, 0.15) is 24.3 Å². The van der Waals surface area contributed by atoms with Crippen molar-refractivity contribution in [2.24, 2.45) is 0 Å². The van der Waals surface area contributed by atoms with Crippen LogP contribution >= 0.6 is 11.3 Å². The second-order valence-corrected chi connectivity index (χ2v) is 5.86. The minimum absolute atomic E-state index is 0.166. The Balaban J connectivity index is 1.89. The average Bonchev–Trinajstić information content (AvgIpc) is 3.09. The molecule has 2 rings (SSSR count). The number of carbonyl (C=O) groups excluding carboxylic acids is 1. The van der Waals surface area contributed by atoms with Crippen molar-refractivity contribution in [3.63, 3.8) is 0 Å². The summed E-state index contributed by atoms with van der Waals surface area (Å²) < 4.78 is 10.3. The van der Waals surface area contributed by atoms with Crippen LogP contribution in [0.2, 0.25) is 0 Å². The van der Waals surface area contributed by atoms with Gasteiger partial charge in [-0.25, -0.2) is 4.98 Å². The molecule has 0 bridgehead atoms. The zero-order chi connectivity index (χ0) is 15.2. The van der Waals surface area contributed by atoms with Gasteiger partial charge in [0.25, 0.3) is 0 Å². The van der Waals surface area contributed by atoms with Gasteiger partial charge in [0.2, 0.25) is 5.89 Å². The molecule has 0 amide bonds. The lowest BCUT2D eigenvalue weighted by Crippen LogP contribution is -2.20. The fourth-order valence-corrected chi connectivity index (χ4v) is 2.66. The van der Waals surface area contributed by atoms with E-state index in [2.05, 4.69) is 14.6 Å². The molecule has 2 aromatic heterocycles. The fourth-order valence-electron chi connectivity index (χ4n) is 2.01. The van der Waals surface area contributed by atoms with Crippen molar-refractivity contribution >= 4 is 17.3 Å². The summed E-state index contributed by atoms with van der Waals surface area (Å²) in [6.07, 6.45) is 1.22. The second-order valence-electron chi connectivity index (χ2n) is 4.92. The summed E-state index contributed by atoms with van der Waals surface area (Å²) in [6.45, 7) is 3.46. The Morgan fingerprint density at radius 2 is 2.33 bits per heavy atom. The summed E-state index contributed by atoms with van der Waals surface area (Å²) in [5.74, 6) is 1.36. The molecule has 114 valence electrons. The van der Waals surface area contributed by atoms with Gasteiger partial charge in [-0.3, -0.25) is 4.79 Å². The fraction of sp³-hybridized carbons (Fsp3) is 0.467. The Kier molecular flexibility index (Phi) is 5.52. The maximum atomic E-state index is 11.1. The summed E-state index contributed by atoms with van der Waals surface area (Å²) in [4.78, 5) is 18.8. The Labute approximate surface area is 128 Å². The van der Waals surface area contributed by atoms with Gasteiger partial charge in [0.1, 0.15) is 5.76 Å². The second kappa shape index (κ2) is 7.38. The predicted molar refractivity (Wildman–Crippen MR) is 82.1 cm³/mol. The van der Waals surface area contributed by atoms with E-state index >= 15 is 0 Å². The molecule has 0 aliphatic carbocycles. The monoisotopic (exact) mass is 308 g/mol. The standard InChI is InChI=1S/C15H20N2O3S/c1-11-12(10-17(2)8-4-7-14(18)19-3)16-15(20-11)13-6-5-9-21-13/h5-6,9H,4,7-8,10H2,1-3H3. The zero-order valence-corrected chi connectivity index (χ0v) is 13.4. The minimum atomic E-state index is -0.166. The molecule has 21 heavy (non-hydrogen) atoms. The number of aryl methyl sites for hydroxylation is 1. The van der Waals surface area contributed by atoms with Gasteiger partial charge in [0.05, 0.1) is 17.7 Å². The van der Waals surface area contributed by atoms with Crippen LogP contribution < -0.4 is 0 Å². The maximum Gasteiger partial charge on any atom is 0.305 e. The topological polar surface area (TPSA) is 55.6 Å². The van der Waals surface area contributed by atoms with Crippen molar-refractivity contribution < 1.29 is 13.9 Å². The summed E-state index contributed by atoms with van der Waals surface area (Å²) in [5, 5.41) is 2.01. The molecule has 0 saturated carbocycles. The zero-order valence-electron chi connectivity index (χ0n) is 12.6. The molecule has 0 spiro atoms. The first-order valence-electron chi connectivity index (χ1n) is 6.85. The number of thiophene rings is 1. The van der Waals surface area contributed by atoms with Crippen LogP contribution in [-0.2, 0) is 16.1 Å². The van der Waals surface area contributed by atoms with Crippen molar-refractivity contribution in [3.05, 3.63) is 29.0 Å². The predicted octanol–water partition coefficient (Wildman–Crippen LogP) is 3.10. The number of hydrogen-bond acceptors (Lipinski definition) is 6. The molecule has 0 radical (unpaired) electrons. The number of esters is 1. The van der Waals surface area contributed by atoms with Crippen LogP contribution in [0.15, 0.2) is 21.9 Å². The highest BCUT2D eigenvalue weighted by molar-refractivity contribution is 7.13. The van der Waals surface area contributed by atoms with Crippen molar-refractivity contribution in [2.45, 2.75) is 26.3 Å². The Morgan fingerprint density at radius 1 is 1.52 bits per heavy atom. The van der Waals surface area contributed by atoms with Crippen molar-refractivity contribution in [1.29, 1.82) is 0 Å². The molecular formula is C15H20N2O3S. The normalized spacial score (nSPS) is 11.0. The number of ether oxygens (including phenoxy) is 1. The van der Waals surface area contributed by atoms with E-state index in [9.17, 15) is 4.79 Å². The molecule has 0 aliphatic rings. The summed E-state index contributed by atoms with van der Waals surface area (Å²) in [7, 11) is 3.42. The highest BCUT2D eigenvalue weighted by Crippen LogP contribution is 2.26. The van der Waals surface area contributed by atoms with E-state index in [0.717, 1.165) is 29.3 Å². The van der Waals surface area contributed by atoms with Crippen LogP contribution in [0.5, 0.6) is 0 Å². The molecule has 0 atom stereocenters. The Hall–Kier alpha value is -1.66. The van der Waals surface area contributed by atoms with E-state index in [0.29, 0.717) is 18.9 Å². The Bertz CT molecular complexity index is 578. The third-order valence-corrected chi connectivity index (χ3v) is 4.05. The number of rotatable bonds is 7. The Morgan fingerprint density at radius 3 is 3.00 bits per heavy atom. The molecule has 6 heteroatoms. The summed E-state index contributed by atoms with van der Waals surface area (Å²) in [6, 6.07) is 3.98. The molecular weight excluding hydrogens is 288 g/mol. The molecule has 0 saturated heterocycles. The molecule has 0 unspecified atom stereocenters. The number of carbonyl (C=O) groups is 1. The van der Waals surface area contributed by atoms with Gasteiger partial charge >= 0.3 is 5.97 Å². The van der Waals surface area contributed by atoms with Gasteiger partial charge < -0.3 is 14.1 Å². The third-order valence-electron chi connectivity index (χ3n) is 3.19. The summed E-state index contributed by atoms with van der Waals surface area (Å²) in [5.41, 5.74) is 0.943. The first-order valence-corrected chi connectivity index (χ1v) is 7.73. The van der Waals surface area contributed by atoms with E-state index < -0.39 is 0 Å². The van der Waals surface area contributed by atoms with Gasteiger partial charge in [-0.15, -0.1) is 11.3 Å². The SMILES string of the molecule is COC(=O)CCCN(C)Cc1nc(-c2cccs2)oc1C. The van der Waals surface area contributed by atoms with Crippen LogP contribution in [-0.4, -0.2) is 36.6 Å². The lowest BCUT2D eigenvalue weighted by Gasteiger charge is -2.14. The quantitative estimate of drug-likeness (QED) is 0.736. The van der Waals surface area contributed by atoms with E-state index in [1.54, 1.807) is 11.3 Å². The third kappa shape index (κ3) is 4.41. The number of oxazole rings is 1. The van der Waals surface area contributed by atoms with Crippen molar-refractivity contribution in [1.82, 2.24) is 9.88 Å².